The first kappa shape index (κ1) is 10.7. The Morgan fingerprint density at radius 2 is 2.06 bits per heavy atom. The molecule has 1 unspecified atom stereocenters. The minimum absolute atomic E-state index is 0.324. The first-order valence-electron chi connectivity index (χ1n) is 5.09. The maximum Gasteiger partial charge on any atom is 0.240 e. The second-order valence-corrected chi connectivity index (χ2v) is 3.63. The van der Waals surface area contributed by atoms with E-state index in [0.29, 0.717) is 36.4 Å². The Bertz CT molecular complexity index is 441. The van der Waals surface area contributed by atoms with Crippen LogP contribution in [0.1, 0.15) is 12.8 Å². The van der Waals surface area contributed by atoms with E-state index in [-0.39, 0.29) is 0 Å². The number of hydrogen-bond donors (Lipinski definition) is 1. The van der Waals surface area contributed by atoms with Crippen LogP contribution in [-0.4, -0.2) is 26.7 Å². The molecule has 0 spiro atoms. The predicted molar refractivity (Wildman–Crippen MR) is 57.2 cm³/mol. The minimum atomic E-state index is 0.324. The van der Waals surface area contributed by atoms with Gasteiger partial charge < -0.3 is 10.3 Å². The van der Waals surface area contributed by atoms with Gasteiger partial charge in [0.05, 0.1) is 0 Å². The van der Waals surface area contributed by atoms with Gasteiger partial charge in [-0.3, -0.25) is 0 Å². The fraction of sp³-hybridized carbons (Fsp3) is 0.400. The molecule has 0 aliphatic carbocycles. The zero-order valence-corrected chi connectivity index (χ0v) is 9.00. The molecule has 2 aromatic heterocycles. The summed E-state index contributed by atoms with van der Waals surface area (Å²) in [4.78, 5) is 12.3. The van der Waals surface area contributed by atoms with Gasteiger partial charge in [-0.25, -0.2) is 9.97 Å². The molecule has 0 aliphatic rings. The van der Waals surface area contributed by atoms with Gasteiger partial charge in [0.1, 0.15) is 0 Å². The van der Waals surface area contributed by atoms with Gasteiger partial charge in [-0.05, 0) is 18.5 Å². The van der Waals surface area contributed by atoms with Crippen LogP contribution in [0.4, 0.5) is 0 Å². The van der Waals surface area contributed by atoms with Crippen molar-refractivity contribution in [3.05, 3.63) is 24.4 Å². The number of rotatable bonds is 4. The van der Waals surface area contributed by atoms with Crippen LogP contribution in [0.5, 0.6) is 0 Å². The summed E-state index contributed by atoms with van der Waals surface area (Å²) in [5, 5.41) is 3.82. The molecule has 0 aromatic carbocycles. The van der Waals surface area contributed by atoms with Crippen molar-refractivity contribution in [1.82, 2.24) is 20.1 Å². The molecular weight excluding hydrogens is 206 g/mol. The van der Waals surface area contributed by atoms with Gasteiger partial charge >= 0.3 is 0 Å². The summed E-state index contributed by atoms with van der Waals surface area (Å²) in [6, 6.07) is 1.74. The lowest BCUT2D eigenvalue weighted by Crippen LogP contribution is -2.13. The largest absolute Gasteiger partial charge is 0.339 e. The molecule has 6 nitrogen and oxygen atoms in total. The highest BCUT2D eigenvalue weighted by Crippen LogP contribution is 2.11. The molecule has 84 valence electrons. The van der Waals surface area contributed by atoms with Crippen molar-refractivity contribution in [2.45, 2.75) is 13.3 Å². The van der Waals surface area contributed by atoms with Crippen molar-refractivity contribution < 1.29 is 4.52 Å². The first-order valence-corrected chi connectivity index (χ1v) is 5.09. The van der Waals surface area contributed by atoms with Gasteiger partial charge in [0.25, 0.3) is 0 Å². The van der Waals surface area contributed by atoms with Crippen LogP contribution in [0.15, 0.2) is 23.0 Å². The first-order chi connectivity index (χ1) is 7.79. The molecule has 6 heteroatoms. The highest BCUT2D eigenvalue weighted by molar-refractivity contribution is 5.40. The Morgan fingerprint density at radius 3 is 2.75 bits per heavy atom. The summed E-state index contributed by atoms with van der Waals surface area (Å²) >= 11 is 0. The molecule has 0 radical (unpaired) electrons. The molecule has 2 heterocycles. The SMILES string of the molecule is CC(CN)Cc1nc(-c2ncccn2)no1. The summed E-state index contributed by atoms with van der Waals surface area (Å²) < 4.78 is 5.09. The van der Waals surface area contributed by atoms with Crippen molar-refractivity contribution in [1.29, 1.82) is 0 Å². The molecule has 0 bridgehead atoms. The van der Waals surface area contributed by atoms with E-state index in [1.165, 1.54) is 0 Å². The van der Waals surface area contributed by atoms with Gasteiger partial charge in [0.15, 0.2) is 0 Å². The molecule has 0 aliphatic heterocycles. The summed E-state index contributed by atoms with van der Waals surface area (Å²) in [6.07, 6.45) is 3.96. The minimum Gasteiger partial charge on any atom is -0.339 e. The fourth-order valence-electron chi connectivity index (χ4n) is 1.22. The monoisotopic (exact) mass is 219 g/mol. The molecule has 16 heavy (non-hydrogen) atoms. The van der Waals surface area contributed by atoms with E-state index in [1.54, 1.807) is 18.5 Å². The van der Waals surface area contributed by atoms with Crippen LogP contribution in [0.2, 0.25) is 0 Å². The van der Waals surface area contributed by atoms with Gasteiger partial charge in [0, 0.05) is 18.8 Å². The van der Waals surface area contributed by atoms with E-state index in [1.807, 2.05) is 6.92 Å². The third-order valence-electron chi connectivity index (χ3n) is 2.16. The summed E-state index contributed by atoms with van der Waals surface area (Å²) in [5.41, 5.74) is 5.52. The maximum absolute atomic E-state index is 5.52. The Morgan fingerprint density at radius 1 is 1.31 bits per heavy atom. The molecule has 0 saturated carbocycles. The molecule has 0 amide bonds. The smallest absolute Gasteiger partial charge is 0.240 e. The number of aromatic nitrogens is 4. The van der Waals surface area contributed by atoms with Crippen LogP contribution in [0.3, 0.4) is 0 Å². The highest BCUT2D eigenvalue weighted by Gasteiger charge is 2.12. The quantitative estimate of drug-likeness (QED) is 0.812. The Kier molecular flexibility index (Phi) is 3.21. The number of nitrogens with two attached hydrogens (primary N) is 1. The van der Waals surface area contributed by atoms with Gasteiger partial charge in [-0.1, -0.05) is 12.1 Å². The zero-order chi connectivity index (χ0) is 11.4. The van der Waals surface area contributed by atoms with Gasteiger partial charge in [-0.15, -0.1) is 0 Å². The van der Waals surface area contributed by atoms with Crippen molar-refractivity contribution in [2.75, 3.05) is 6.54 Å². The van der Waals surface area contributed by atoms with Crippen LogP contribution in [-0.2, 0) is 6.42 Å². The number of hydrogen-bond acceptors (Lipinski definition) is 6. The van der Waals surface area contributed by atoms with E-state index in [2.05, 4.69) is 20.1 Å². The van der Waals surface area contributed by atoms with Crippen molar-refractivity contribution in [3.63, 3.8) is 0 Å². The average Bonchev–Trinajstić information content (AvgIpc) is 2.78. The Hall–Kier alpha value is -1.82. The van der Waals surface area contributed by atoms with E-state index in [4.69, 9.17) is 10.3 Å². The lowest BCUT2D eigenvalue weighted by molar-refractivity contribution is 0.359. The van der Waals surface area contributed by atoms with Crippen LogP contribution in [0.25, 0.3) is 11.6 Å². The standard InChI is InChI=1S/C10H13N5O/c1-7(6-11)5-8-14-10(15-16-8)9-12-3-2-4-13-9/h2-4,7H,5-6,11H2,1H3. The van der Waals surface area contributed by atoms with Gasteiger partial charge in [0.2, 0.25) is 17.5 Å². The lowest BCUT2D eigenvalue weighted by atomic mass is 10.1. The molecule has 2 rings (SSSR count). The van der Waals surface area contributed by atoms with Crippen molar-refractivity contribution in [2.24, 2.45) is 11.7 Å². The Balaban J connectivity index is 2.14. The second-order valence-electron chi connectivity index (χ2n) is 3.63. The van der Waals surface area contributed by atoms with Crippen molar-refractivity contribution >= 4 is 0 Å². The Labute approximate surface area is 92.9 Å². The molecule has 2 aromatic rings. The van der Waals surface area contributed by atoms with E-state index < -0.39 is 0 Å². The van der Waals surface area contributed by atoms with Crippen LogP contribution < -0.4 is 5.73 Å². The van der Waals surface area contributed by atoms with E-state index in [0.717, 1.165) is 0 Å². The zero-order valence-electron chi connectivity index (χ0n) is 9.00. The molecule has 0 saturated heterocycles. The number of nitrogens with zero attached hydrogens (tertiary/aromatic N) is 4. The average molecular weight is 219 g/mol. The third-order valence-corrected chi connectivity index (χ3v) is 2.16. The van der Waals surface area contributed by atoms with Crippen molar-refractivity contribution in [3.8, 4) is 11.6 Å². The molecule has 0 fully saturated rings. The topological polar surface area (TPSA) is 90.7 Å². The van der Waals surface area contributed by atoms with Crippen LogP contribution in [0, 0.1) is 5.92 Å². The second kappa shape index (κ2) is 4.80. The highest BCUT2D eigenvalue weighted by atomic mass is 16.5. The molecule has 2 N–H and O–H groups in total. The summed E-state index contributed by atoms with van der Waals surface area (Å²) in [7, 11) is 0. The van der Waals surface area contributed by atoms with Gasteiger partial charge in [-0.2, -0.15) is 4.98 Å². The molecular formula is C10H13N5O. The van der Waals surface area contributed by atoms with E-state index in [9.17, 15) is 0 Å². The fourth-order valence-corrected chi connectivity index (χ4v) is 1.22. The lowest BCUT2D eigenvalue weighted by Gasteiger charge is -2.01. The molecule has 1 atom stereocenters. The summed E-state index contributed by atoms with van der Waals surface area (Å²) in [6.45, 7) is 2.63. The predicted octanol–water partition coefficient (Wildman–Crippen LogP) is 0.664. The summed E-state index contributed by atoms with van der Waals surface area (Å²) in [5.74, 6) is 1.78. The van der Waals surface area contributed by atoms with E-state index >= 15 is 0 Å². The maximum atomic E-state index is 5.52. The normalized spacial score (nSPS) is 12.6. The van der Waals surface area contributed by atoms with Crippen LogP contribution >= 0.6 is 0 Å². The third kappa shape index (κ3) is 2.40.